The molecule has 0 atom stereocenters. The summed E-state index contributed by atoms with van der Waals surface area (Å²) in [5.74, 6) is -0.196. The van der Waals surface area contributed by atoms with Gasteiger partial charge >= 0.3 is 0 Å². The molecule has 0 bridgehead atoms. The molecule has 0 aliphatic carbocycles. The minimum absolute atomic E-state index is 0.0741. The third-order valence-corrected chi connectivity index (χ3v) is 3.79. The zero-order chi connectivity index (χ0) is 16.2. The van der Waals surface area contributed by atoms with Crippen LogP contribution in [-0.4, -0.2) is 18.4 Å². The summed E-state index contributed by atoms with van der Waals surface area (Å²) in [5.41, 5.74) is 2.30. The van der Waals surface area contributed by atoms with E-state index in [2.05, 4.69) is 5.32 Å². The first-order chi connectivity index (χ1) is 11.2. The van der Waals surface area contributed by atoms with Crippen molar-refractivity contribution in [3.63, 3.8) is 0 Å². The maximum atomic E-state index is 12.4. The van der Waals surface area contributed by atoms with E-state index in [-0.39, 0.29) is 11.8 Å². The Labute approximate surface area is 134 Å². The highest BCUT2D eigenvalue weighted by Gasteiger charge is 2.24. The van der Waals surface area contributed by atoms with Gasteiger partial charge in [-0.15, -0.1) is 0 Å². The van der Waals surface area contributed by atoms with E-state index in [1.165, 1.54) is 0 Å². The first kappa shape index (κ1) is 14.8. The monoisotopic (exact) mass is 305 g/mol. The van der Waals surface area contributed by atoms with E-state index in [0.717, 1.165) is 12.1 Å². The smallest absolute Gasteiger partial charge is 0.255 e. The van der Waals surface area contributed by atoms with Crippen LogP contribution in [0.1, 0.15) is 28.8 Å². The lowest BCUT2D eigenvalue weighted by atomic mass is 10.1. The van der Waals surface area contributed by atoms with Gasteiger partial charge in [-0.25, -0.2) is 0 Å². The van der Waals surface area contributed by atoms with Crippen molar-refractivity contribution in [2.24, 2.45) is 0 Å². The van der Waals surface area contributed by atoms with Gasteiger partial charge in [0.2, 0.25) is 5.91 Å². The predicted octanol–water partition coefficient (Wildman–Crippen LogP) is 2.94. The van der Waals surface area contributed by atoms with Crippen molar-refractivity contribution in [1.82, 2.24) is 0 Å². The van der Waals surface area contributed by atoms with Crippen LogP contribution >= 0.6 is 0 Å². The number of para-hydroxylation sites is 2. The standard InChI is InChI=1S/C18H15N3O2/c19-12-13-7-9-14(10-8-13)18(23)20-15-4-1-2-5-16(15)21-11-3-6-17(21)22/h1-2,4-5,7-10H,3,6,11H2,(H,20,23). The number of nitriles is 1. The molecule has 1 N–H and O–H groups in total. The highest BCUT2D eigenvalue weighted by Crippen LogP contribution is 2.29. The number of benzene rings is 2. The molecule has 3 rings (SSSR count). The Kier molecular flexibility index (Phi) is 4.07. The first-order valence-electron chi connectivity index (χ1n) is 7.40. The van der Waals surface area contributed by atoms with Gasteiger partial charge in [-0.05, 0) is 42.8 Å². The van der Waals surface area contributed by atoms with Crippen LogP contribution in [0.2, 0.25) is 0 Å². The van der Waals surface area contributed by atoms with E-state index in [0.29, 0.717) is 29.8 Å². The summed E-state index contributed by atoms with van der Waals surface area (Å²) in [6.45, 7) is 0.669. The fourth-order valence-electron chi connectivity index (χ4n) is 2.61. The number of hydrogen-bond acceptors (Lipinski definition) is 3. The van der Waals surface area contributed by atoms with Crippen LogP contribution in [0.5, 0.6) is 0 Å². The Morgan fingerprint density at radius 3 is 2.52 bits per heavy atom. The predicted molar refractivity (Wildman–Crippen MR) is 87.1 cm³/mol. The van der Waals surface area contributed by atoms with E-state index in [1.54, 1.807) is 35.2 Å². The van der Waals surface area contributed by atoms with E-state index in [9.17, 15) is 9.59 Å². The number of carbonyl (C=O) groups excluding carboxylic acids is 2. The Bertz CT molecular complexity index is 791. The van der Waals surface area contributed by atoms with Gasteiger partial charge in [0.25, 0.3) is 5.91 Å². The second-order valence-corrected chi connectivity index (χ2v) is 5.31. The van der Waals surface area contributed by atoms with Gasteiger partial charge in [-0.2, -0.15) is 5.26 Å². The fraction of sp³-hybridized carbons (Fsp3) is 0.167. The van der Waals surface area contributed by atoms with Crippen LogP contribution < -0.4 is 10.2 Å². The van der Waals surface area contributed by atoms with Gasteiger partial charge in [0, 0.05) is 18.5 Å². The Morgan fingerprint density at radius 2 is 1.87 bits per heavy atom. The van der Waals surface area contributed by atoms with E-state index < -0.39 is 0 Å². The van der Waals surface area contributed by atoms with Crippen molar-refractivity contribution in [3.05, 3.63) is 59.7 Å². The molecular weight excluding hydrogens is 290 g/mol. The van der Waals surface area contributed by atoms with Crippen LogP contribution in [0.4, 0.5) is 11.4 Å². The second-order valence-electron chi connectivity index (χ2n) is 5.31. The van der Waals surface area contributed by atoms with E-state index in [1.807, 2.05) is 24.3 Å². The molecule has 1 aliphatic rings. The molecule has 0 spiro atoms. The van der Waals surface area contributed by atoms with Gasteiger partial charge in [0.05, 0.1) is 23.0 Å². The van der Waals surface area contributed by atoms with Crippen molar-refractivity contribution in [2.45, 2.75) is 12.8 Å². The van der Waals surface area contributed by atoms with Gasteiger partial charge in [-0.1, -0.05) is 12.1 Å². The number of nitrogens with one attached hydrogen (secondary N) is 1. The molecule has 23 heavy (non-hydrogen) atoms. The van der Waals surface area contributed by atoms with Gasteiger partial charge < -0.3 is 10.2 Å². The molecule has 1 fully saturated rings. The largest absolute Gasteiger partial charge is 0.320 e. The number of rotatable bonds is 3. The van der Waals surface area contributed by atoms with Crippen molar-refractivity contribution in [3.8, 4) is 6.07 Å². The van der Waals surface area contributed by atoms with Crippen molar-refractivity contribution < 1.29 is 9.59 Å². The van der Waals surface area contributed by atoms with Crippen molar-refractivity contribution in [1.29, 1.82) is 5.26 Å². The summed E-state index contributed by atoms with van der Waals surface area (Å²) in [6, 6.07) is 15.7. The lowest BCUT2D eigenvalue weighted by molar-refractivity contribution is -0.117. The maximum Gasteiger partial charge on any atom is 0.255 e. The highest BCUT2D eigenvalue weighted by atomic mass is 16.2. The Balaban J connectivity index is 1.83. The minimum Gasteiger partial charge on any atom is -0.320 e. The Hall–Kier alpha value is -3.13. The summed E-state index contributed by atoms with van der Waals surface area (Å²) in [7, 11) is 0. The molecule has 0 aromatic heterocycles. The zero-order valence-electron chi connectivity index (χ0n) is 12.5. The van der Waals surface area contributed by atoms with Gasteiger partial charge in [0.1, 0.15) is 0 Å². The van der Waals surface area contributed by atoms with Gasteiger partial charge in [0.15, 0.2) is 0 Å². The second kappa shape index (κ2) is 6.32. The van der Waals surface area contributed by atoms with Crippen LogP contribution in [0.25, 0.3) is 0 Å². The van der Waals surface area contributed by atoms with Crippen LogP contribution in [0.15, 0.2) is 48.5 Å². The summed E-state index contributed by atoms with van der Waals surface area (Å²) >= 11 is 0. The number of carbonyl (C=O) groups is 2. The Morgan fingerprint density at radius 1 is 1.13 bits per heavy atom. The molecular formula is C18H15N3O2. The average molecular weight is 305 g/mol. The van der Waals surface area contributed by atoms with Crippen LogP contribution in [-0.2, 0) is 4.79 Å². The molecule has 114 valence electrons. The summed E-state index contributed by atoms with van der Waals surface area (Å²) in [6.07, 6.45) is 1.37. The number of nitrogens with zero attached hydrogens (tertiary/aromatic N) is 2. The van der Waals surface area contributed by atoms with Crippen molar-refractivity contribution >= 4 is 23.2 Å². The van der Waals surface area contributed by atoms with Crippen molar-refractivity contribution in [2.75, 3.05) is 16.8 Å². The highest BCUT2D eigenvalue weighted by molar-refractivity contribution is 6.08. The number of amides is 2. The SMILES string of the molecule is N#Cc1ccc(C(=O)Nc2ccccc2N2CCCC2=O)cc1. The number of hydrogen-bond donors (Lipinski definition) is 1. The summed E-state index contributed by atoms with van der Waals surface area (Å²) in [5, 5.41) is 11.6. The zero-order valence-corrected chi connectivity index (χ0v) is 12.5. The van der Waals surface area contributed by atoms with E-state index >= 15 is 0 Å². The lowest BCUT2D eigenvalue weighted by Crippen LogP contribution is -2.25. The minimum atomic E-state index is -0.270. The third kappa shape index (κ3) is 3.06. The maximum absolute atomic E-state index is 12.4. The molecule has 1 heterocycles. The van der Waals surface area contributed by atoms with Crippen LogP contribution in [0.3, 0.4) is 0 Å². The molecule has 5 heteroatoms. The molecule has 2 aromatic rings. The molecule has 0 radical (unpaired) electrons. The molecule has 2 aromatic carbocycles. The summed E-state index contributed by atoms with van der Waals surface area (Å²) in [4.78, 5) is 26.0. The average Bonchev–Trinajstić information content (AvgIpc) is 3.01. The first-order valence-corrected chi connectivity index (χ1v) is 7.40. The summed E-state index contributed by atoms with van der Waals surface area (Å²) < 4.78 is 0. The van der Waals surface area contributed by atoms with E-state index in [4.69, 9.17) is 5.26 Å². The topological polar surface area (TPSA) is 73.2 Å². The third-order valence-electron chi connectivity index (χ3n) is 3.79. The lowest BCUT2D eigenvalue weighted by Gasteiger charge is -2.20. The van der Waals surface area contributed by atoms with Gasteiger partial charge in [-0.3, -0.25) is 9.59 Å². The van der Waals surface area contributed by atoms with Crippen LogP contribution in [0, 0.1) is 11.3 Å². The number of anilines is 2. The quantitative estimate of drug-likeness (QED) is 0.947. The molecule has 1 aliphatic heterocycles. The molecule has 2 amide bonds. The molecule has 0 saturated carbocycles. The normalized spacial score (nSPS) is 13.7. The molecule has 0 unspecified atom stereocenters. The molecule has 5 nitrogen and oxygen atoms in total. The fourth-order valence-corrected chi connectivity index (χ4v) is 2.61. The molecule has 1 saturated heterocycles.